The highest BCUT2D eigenvalue weighted by atomic mass is 16.5. The fraction of sp³-hybridized carbons (Fsp3) is 0.333. The third-order valence-electron chi connectivity index (χ3n) is 6.35. The van der Waals surface area contributed by atoms with Crippen LogP contribution >= 0.6 is 0 Å². The Hall–Kier alpha value is -3.98. The van der Waals surface area contributed by atoms with Crippen LogP contribution in [0.1, 0.15) is 68.3 Å². The molecule has 0 fully saturated rings. The van der Waals surface area contributed by atoms with Gasteiger partial charge < -0.3 is 20.5 Å². The average molecular weight is 487 g/mol. The van der Waals surface area contributed by atoms with Crippen molar-refractivity contribution >= 4 is 17.4 Å². The van der Waals surface area contributed by atoms with Crippen molar-refractivity contribution in [3.05, 3.63) is 83.6 Å². The molecule has 186 valence electrons. The van der Waals surface area contributed by atoms with Crippen LogP contribution in [0.5, 0.6) is 5.75 Å². The van der Waals surface area contributed by atoms with Crippen molar-refractivity contribution in [2.24, 2.45) is 0 Å². The summed E-state index contributed by atoms with van der Waals surface area (Å²) >= 11 is 0. The SMILES string of the molecule is CC(C)(C)c1cc(NC(=O)NC2CCC(Oc3ccc4nncn4c3)c3ccccc32)cc(CO)n1. The topological polar surface area (TPSA) is 114 Å². The van der Waals surface area contributed by atoms with Crippen LogP contribution in [0.4, 0.5) is 10.5 Å². The van der Waals surface area contributed by atoms with Crippen molar-refractivity contribution in [1.82, 2.24) is 24.9 Å². The van der Waals surface area contributed by atoms with E-state index in [1.54, 1.807) is 12.4 Å². The van der Waals surface area contributed by atoms with Gasteiger partial charge in [-0.15, -0.1) is 10.2 Å². The first-order valence-corrected chi connectivity index (χ1v) is 12.0. The lowest BCUT2D eigenvalue weighted by molar-refractivity contribution is 0.171. The van der Waals surface area contributed by atoms with Gasteiger partial charge in [-0.1, -0.05) is 45.0 Å². The highest BCUT2D eigenvalue weighted by Crippen LogP contribution is 2.38. The van der Waals surface area contributed by atoms with Gasteiger partial charge in [0.25, 0.3) is 0 Å². The quantitative estimate of drug-likeness (QED) is 0.377. The molecule has 5 rings (SSSR count). The molecule has 2 unspecified atom stereocenters. The van der Waals surface area contributed by atoms with E-state index in [1.165, 1.54) is 0 Å². The number of benzene rings is 1. The third kappa shape index (κ3) is 5.01. The fourth-order valence-corrected chi connectivity index (χ4v) is 4.51. The lowest BCUT2D eigenvalue weighted by Crippen LogP contribution is -2.35. The lowest BCUT2D eigenvalue weighted by atomic mass is 9.85. The standard InChI is InChI=1S/C27H30N6O3/c1-27(2,3)24-13-17(12-18(15-34)29-24)30-26(35)31-22-9-10-23(21-7-5-4-6-20(21)22)36-19-8-11-25-32-28-16-33(25)14-19/h4-8,11-14,16,22-23,34H,9-10,15H2,1-3H3,(H2,29,30,31,35). The van der Waals surface area contributed by atoms with E-state index in [0.717, 1.165) is 41.1 Å². The Kier molecular flexibility index (Phi) is 6.32. The first kappa shape index (κ1) is 23.7. The van der Waals surface area contributed by atoms with E-state index >= 15 is 0 Å². The van der Waals surface area contributed by atoms with Crippen LogP contribution in [0, 0.1) is 0 Å². The zero-order chi connectivity index (χ0) is 25.3. The van der Waals surface area contributed by atoms with Crippen molar-refractivity contribution in [3.63, 3.8) is 0 Å². The smallest absolute Gasteiger partial charge is 0.319 e. The molecule has 36 heavy (non-hydrogen) atoms. The molecule has 4 aromatic rings. The second kappa shape index (κ2) is 9.58. The molecule has 0 radical (unpaired) electrons. The number of carbonyl (C=O) groups excluding carboxylic acids is 1. The highest BCUT2D eigenvalue weighted by Gasteiger charge is 2.29. The molecule has 2 amide bonds. The zero-order valence-electron chi connectivity index (χ0n) is 20.6. The first-order valence-electron chi connectivity index (χ1n) is 12.0. The molecule has 3 N–H and O–H groups in total. The Morgan fingerprint density at radius 3 is 2.72 bits per heavy atom. The second-order valence-electron chi connectivity index (χ2n) is 10.1. The summed E-state index contributed by atoms with van der Waals surface area (Å²) in [5.41, 5.74) is 4.56. The van der Waals surface area contributed by atoms with Crippen molar-refractivity contribution < 1.29 is 14.6 Å². The second-order valence-corrected chi connectivity index (χ2v) is 10.1. The van der Waals surface area contributed by atoms with Gasteiger partial charge in [-0.2, -0.15) is 0 Å². The van der Waals surface area contributed by atoms with Crippen LogP contribution in [0.25, 0.3) is 5.65 Å². The number of aromatic nitrogens is 4. The molecular formula is C27H30N6O3. The number of carbonyl (C=O) groups is 1. The molecule has 9 nitrogen and oxygen atoms in total. The molecule has 2 atom stereocenters. The number of aliphatic hydroxyl groups excluding tert-OH is 1. The molecule has 3 aromatic heterocycles. The summed E-state index contributed by atoms with van der Waals surface area (Å²) in [7, 11) is 0. The number of amides is 2. The Morgan fingerprint density at radius 1 is 1.14 bits per heavy atom. The van der Waals surface area contributed by atoms with Crippen LogP contribution < -0.4 is 15.4 Å². The van der Waals surface area contributed by atoms with Gasteiger partial charge >= 0.3 is 6.03 Å². The third-order valence-corrected chi connectivity index (χ3v) is 6.35. The average Bonchev–Trinajstić information content (AvgIpc) is 3.33. The van der Waals surface area contributed by atoms with Crippen molar-refractivity contribution in [2.75, 3.05) is 5.32 Å². The van der Waals surface area contributed by atoms with Crippen LogP contribution in [-0.2, 0) is 12.0 Å². The molecule has 0 saturated carbocycles. The molecule has 1 aliphatic rings. The van der Waals surface area contributed by atoms with E-state index in [4.69, 9.17) is 4.74 Å². The van der Waals surface area contributed by atoms with Gasteiger partial charge in [0.15, 0.2) is 5.65 Å². The van der Waals surface area contributed by atoms with Crippen LogP contribution in [0.3, 0.4) is 0 Å². The van der Waals surface area contributed by atoms with E-state index in [9.17, 15) is 9.90 Å². The highest BCUT2D eigenvalue weighted by molar-refractivity contribution is 5.89. The van der Waals surface area contributed by atoms with Gasteiger partial charge in [0.05, 0.1) is 24.5 Å². The van der Waals surface area contributed by atoms with Gasteiger partial charge in [-0.3, -0.25) is 9.38 Å². The van der Waals surface area contributed by atoms with E-state index in [2.05, 4.69) is 31.9 Å². The van der Waals surface area contributed by atoms with Crippen LogP contribution in [0.2, 0.25) is 0 Å². The summed E-state index contributed by atoms with van der Waals surface area (Å²) in [5, 5.41) is 23.6. The number of aliphatic hydroxyl groups is 1. The molecule has 1 aliphatic carbocycles. The van der Waals surface area contributed by atoms with Gasteiger partial charge in [-0.05, 0) is 48.2 Å². The first-order chi connectivity index (χ1) is 17.3. The summed E-state index contributed by atoms with van der Waals surface area (Å²) in [4.78, 5) is 17.5. The maximum atomic E-state index is 13.0. The molecule has 0 saturated heterocycles. The van der Waals surface area contributed by atoms with E-state index in [-0.39, 0.29) is 30.2 Å². The number of fused-ring (bicyclic) bond motifs is 2. The number of nitrogens with one attached hydrogen (secondary N) is 2. The maximum Gasteiger partial charge on any atom is 0.319 e. The molecule has 3 heterocycles. The monoisotopic (exact) mass is 486 g/mol. The number of hydrogen-bond acceptors (Lipinski definition) is 6. The Balaban J connectivity index is 1.31. The number of urea groups is 1. The lowest BCUT2D eigenvalue weighted by Gasteiger charge is -2.32. The number of ether oxygens (including phenoxy) is 1. The Morgan fingerprint density at radius 2 is 1.94 bits per heavy atom. The predicted octanol–water partition coefficient (Wildman–Crippen LogP) is 4.69. The number of hydrogen-bond donors (Lipinski definition) is 3. The normalized spacial score (nSPS) is 17.4. The minimum absolute atomic E-state index is 0.127. The fourth-order valence-electron chi connectivity index (χ4n) is 4.51. The minimum Gasteiger partial charge on any atom is -0.484 e. The summed E-state index contributed by atoms with van der Waals surface area (Å²) < 4.78 is 8.17. The minimum atomic E-state index is -0.304. The van der Waals surface area contributed by atoms with Gasteiger partial charge in [0, 0.05) is 16.8 Å². The maximum absolute atomic E-state index is 13.0. The Labute approximate surface area is 209 Å². The van der Waals surface area contributed by atoms with Crippen LogP contribution in [0.15, 0.2) is 61.1 Å². The molecule has 0 aliphatic heterocycles. The Bertz CT molecular complexity index is 1390. The van der Waals surface area contributed by atoms with Gasteiger partial charge in [-0.25, -0.2) is 4.79 Å². The molecule has 0 bridgehead atoms. The number of anilines is 1. The largest absolute Gasteiger partial charge is 0.484 e. The number of rotatable bonds is 5. The zero-order valence-corrected chi connectivity index (χ0v) is 20.6. The predicted molar refractivity (Wildman–Crippen MR) is 136 cm³/mol. The van der Waals surface area contributed by atoms with Crippen molar-refractivity contribution in [3.8, 4) is 5.75 Å². The van der Waals surface area contributed by atoms with E-state index < -0.39 is 0 Å². The van der Waals surface area contributed by atoms with Gasteiger partial charge in [0.2, 0.25) is 0 Å². The van der Waals surface area contributed by atoms with E-state index in [1.807, 2.05) is 67.8 Å². The van der Waals surface area contributed by atoms with Gasteiger partial charge in [0.1, 0.15) is 18.2 Å². The summed E-state index contributed by atoms with van der Waals surface area (Å²) in [6.45, 7) is 5.94. The summed E-state index contributed by atoms with van der Waals surface area (Å²) in [6, 6.07) is 14.9. The molecule has 9 heteroatoms. The van der Waals surface area contributed by atoms with Crippen molar-refractivity contribution in [1.29, 1.82) is 0 Å². The summed E-state index contributed by atoms with van der Waals surface area (Å²) in [5.74, 6) is 0.735. The molecule has 0 spiro atoms. The molecular weight excluding hydrogens is 456 g/mol. The molecule has 1 aromatic carbocycles. The number of nitrogens with zero attached hydrogens (tertiary/aromatic N) is 4. The van der Waals surface area contributed by atoms with E-state index in [0.29, 0.717) is 11.4 Å². The summed E-state index contributed by atoms with van der Waals surface area (Å²) in [6.07, 6.45) is 4.87. The number of pyridine rings is 2. The van der Waals surface area contributed by atoms with Crippen molar-refractivity contribution in [2.45, 2.75) is 57.8 Å². The van der Waals surface area contributed by atoms with Crippen LogP contribution in [-0.4, -0.2) is 30.7 Å².